The number of para-hydroxylation sites is 4. The fourth-order valence-electron chi connectivity index (χ4n) is 5.63. The van der Waals surface area contributed by atoms with Crippen LogP contribution >= 0.6 is 0 Å². The van der Waals surface area contributed by atoms with Gasteiger partial charge in [-0.2, -0.15) is 0 Å². The molecule has 0 aliphatic heterocycles. The fraction of sp³-hybridized carbons (Fsp3) is 0. The molecule has 0 N–H and O–H groups in total. The molecular weight excluding hydrogens is 466 g/mol. The van der Waals surface area contributed by atoms with Crippen molar-refractivity contribution in [1.29, 1.82) is 0 Å². The number of nitrogens with zero attached hydrogens (tertiary/aromatic N) is 5. The smallest absolute Gasteiger partial charge is 0.235 e. The van der Waals surface area contributed by atoms with Gasteiger partial charge >= 0.3 is 0 Å². The molecule has 38 heavy (non-hydrogen) atoms. The van der Waals surface area contributed by atoms with Gasteiger partial charge in [-0.1, -0.05) is 72.8 Å². The zero-order valence-electron chi connectivity index (χ0n) is 20.4. The molecule has 0 aliphatic carbocycles. The van der Waals surface area contributed by atoms with E-state index in [0.29, 0.717) is 5.95 Å². The molecule has 0 aliphatic rings. The minimum absolute atomic E-state index is 0.651. The molecule has 4 heterocycles. The summed E-state index contributed by atoms with van der Waals surface area (Å²) in [4.78, 5) is 14.9. The zero-order valence-corrected chi connectivity index (χ0v) is 20.4. The van der Waals surface area contributed by atoms with Gasteiger partial charge in [-0.05, 0) is 42.5 Å². The Morgan fingerprint density at radius 3 is 1.68 bits per heavy atom. The van der Waals surface area contributed by atoms with Crippen LogP contribution in [-0.4, -0.2) is 24.1 Å². The Morgan fingerprint density at radius 1 is 0.474 bits per heavy atom. The maximum atomic E-state index is 5.30. The molecule has 0 spiro atoms. The van der Waals surface area contributed by atoms with Gasteiger partial charge in [0.1, 0.15) is 11.2 Å². The van der Waals surface area contributed by atoms with Gasteiger partial charge in [0.2, 0.25) is 5.95 Å². The Kier molecular flexibility index (Phi) is 4.45. The van der Waals surface area contributed by atoms with Gasteiger partial charge < -0.3 is 4.57 Å². The third-order valence-corrected chi connectivity index (χ3v) is 7.24. The highest BCUT2D eigenvalue weighted by molar-refractivity contribution is 6.12. The summed E-state index contributed by atoms with van der Waals surface area (Å²) in [5, 5.41) is 3.46. The van der Waals surface area contributed by atoms with Crippen molar-refractivity contribution in [3.8, 4) is 22.9 Å². The maximum Gasteiger partial charge on any atom is 0.235 e. The lowest BCUT2D eigenvalue weighted by Crippen LogP contribution is -2.04. The first kappa shape index (κ1) is 20.9. The molecule has 0 bridgehead atoms. The van der Waals surface area contributed by atoms with Crippen LogP contribution in [0.3, 0.4) is 0 Å². The van der Waals surface area contributed by atoms with Gasteiger partial charge in [0, 0.05) is 39.8 Å². The summed E-state index contributed by atoms with van der Waals surface area (Å²) in [6, 6.07) is 39.8. The zero-order chi connectivity index (χ0) is 25.1. The van der Waals surface area contributed by atoms with Crippen LogP contribution in [0.25, 0.3) is 66.6 Å². The van der Waals surface area contributed by atoms with Crippen molar-refractivity contribution in [2.24, 2.45) is 0 Å². The van der Waals surface area contributed by atoms with Crippen molar-refractivity contribution < 1.29 is 0 Å². The molecule has 8 rings (SSSR count). The Labute approximate surface area is 218 Å². The Hall–Kier alpha value is -5.29. The molecular formula is C33H21N5. The summed E-state index contributed by atoms with van der Waals surface area (Å²) >= 11 is 0. The van der Waals surface area contributed by atoms with Gasteiger partial charge in [-0.25, -0.2) is 9.97 Å². The molecule has 8 aromatic rings. The van der Waals surface area contributed by atoms with Crippen LogP contribution in [0.2, 0.25) is 0 Å². The van der Waals surface area contributed by atoms with Crippen molar-refractivity contribution in [2.45, 2.75) is 0 Å². The van der Waals surface area contributed by atoms with Gasteiger partial charge in [-0.15, -0.1) is 0 Å². The van der Waals surface area contributed by atoms with Crippen molar-refractivity contribution in [3.05, 3.63) is 128 Å². The van der Waals surface area contributed by atoms with Crippen LogP contribution in [0.1, 0.15) is 0 Å². The summed E-state index contributed by atoms with van der Waals surface area (Å²) < 4.78 is 4.46. The maximum absolute atomic E-state index is 5.30. The highest BCUT2D eigenvalue weighted by Gasteiger charge is 2.22. The van der Waals surface area contributed by atoms with E-state index in [0.717, 1.165) is 49.9 Å². The second kappa shape index (κ2) is 8.11. The van der Waals surface area contributed by atoms with E-state index in [2.05, 4.69) is 111 Å². The minimum atomic E-state index is 0.651. The van der Waals surface area contributed by atoms with Crippen molar-refractivity contribution in [1.82, 2.24) is 24.1 Å². The predicted octanol–water partition coefficient (Wildman–Crippen LogP) is 7.73. The molecule has 5 nitrogen and oxygen atoms in total. The number of benzene rings is 4. The van der Waals surface area contributed by atoms with Crippen molar-refractivity contribution >= 4 is 43.7 Å². The molecule has 0 radical (unpaired) electrons. The molecule has 0 saturated heterocycles. The normalized spacial score (nSPS) is 11.7. The van der Waals surface area contributed by atoms with E-state index in [9.17, 15) is 0 Å². The molecule has 178 valence electrons. The Bertz CT molecular complexity index is 2070. The monoisotopic (exact) mass is 487 g/mol. The minimum Gasteiger partial charge on any atom is -0.306 e. The van der Waals surface area contributed by atoms with Gasteiger partial charge in [-0.3, -0.25) is 9.55 Å². The van der Waals surface area contributed by atoms with E-state index >= 15 is 0 Å². The number of pyridine rings is 1. The molecule has 0 atom stereocenters. The second-order valence-corrected chi connectivity index (χ2v) is 9.36. The Balaban J connectivity index is 1.58. The van der Waals surface area contributed by atoms with Crippen LogP contribution in [0.4, 0.5) is 0 Å². The van der Waals surface area contributed by atoms with Crippen molar-refractivity contribution in [3.63, 3.8) is 0 Å². The summed E-state index contributed by atoms with van der Waals surface area (Å²) in [6.45, 7) is 0. The highest BCUT2D eigenvalue weighted by Crippen LogP contribution is 2.38. The van der Waals surface area contributed by atoms with E-state index in [1.54, 1.807) is 0 Å². The highest BCUT2D eigenvalue weighted by atomic mass is 15.2. The van der Waals surface area contributed by atoms with Crippen LogP contribution in [0.5, 0.6) is 0 Å². The summed E-state index contributed by atoms with van der Waals surface area (Å²) in [5.41, 5.74) is 8.10. The number of rotatable bonds is 3. The average Bonchev–Trinajstić information content (AvgIpc) is 3.51. The number of hydrogen-bond acceptors (Lipinski definition) is 3. The van der Waals surface area contributed by atoms with Crippen LogP contribution in [0.15, 0.2) is 128 Å². The topological polar surface area (TPSA) is 48.5 Å². The van der Waals surface area contributed by atoms with Crippen LogP contribution in [0, 0.1) is 0 Å². The Morgan fingerprint density at radius 2 is 1.03 bits per heavy atom. The van der Waals surface area contributed by atoms with Gasteiger partial charge in [0.25, 0.3) is 0 Å². The first-order valence-electron chi connectivity index (χ1n) is 12.6. The predicted molar refractivity (Wildman–Crippen MR) is 154 cm³/mol. The summed E-state index contributed by atoms with van der Waals surface area (Å²) in [5.74, 6) is 0.651. The van der Waals surface area contributed by atoms with E-state index in [1.807, 2.05) is 30.6 Å². The number of aromatic nitrogens is 5. The van der Waals surface area contributed by atoms with Gasteiger partial charge in [0.05, 0.1) is 22.1 Å². The van der Waals surface area contributed by atoms with Crippen LogP contribution in [-0.2, 0) is 0 Å². The fourth-order valence-corrected chi connectivity index (χ4v) is 5.63. The first-order valence-corrected chi connectivity index (χ1v) is 12.6. The van der Waals surface area contributed by atoms with Crippen LogP contribution < -0.4 is 0 Å². The van der Waals surface area contributed by atoms with Crippen molar-refractivity contribution in [2.75, 3.05) is 0 Å². The molecule has 4 aromatic heterocycles. The van der Waals surface area contributed by atoms with E-state index in [1.165, 1.54) is 10.8 Å². The third-order valence-electron chi connectivity index (χ3n) is 7.24. The lowest BCUT2D eigenvalue weighted by Gasteiger charge is -2.13. The van der Waals surface area contributed by atoms with E-state index in [-0.39, 0.29) is 0 Å². The average molecular weight is 488 g/mol. The van der Waals surface area contributed by atoms with E-state index in [4.69, 9.17) is 9.97 Å². The molecule has 0 fully saturated rings. The lowest BCUT2D eigenvalue weighted by molar-refractivity contribution is 1.01. The lowest BCUT2D eigenvalue weighted by atomic mass is 10.1. The molecule has 5 heteroatoms. The standard InChI is InChI=1S/C33H21N5/c1-2-10-23(11-3-1)37-29-17-9-6-14-26(29)31-32(37)30(22-18-20-34-21-19-22)35-33(36-31)38-27-15-7-4-12-24(27)25-13-5-8-16-28(25)38/h1-21H. The summed E-state index contributed by atoms with van der Waals surface area (Å²) in [7, 11) is 0. The summed E-state index contributed by atoms with van der Waals surface area (Å²) in [6.07, 6.45) is 3.64. The number of hydrogen-bond donors (Lipinski definition) is 0. The van der Waals surface area contributed by atoms with E-state index < -0.39 is 0 Å². The quantitative estimate of drug-likeness (QED) is 0.256. The largest absolute Gasteiger partial charge is 0.306 e. The molecule has 4 aromatic carbocycles. The molecule has 0 unspecified atom stereocenters. The SMILES string of the molecule is c1ccc(-n2c3ccccc3c3nc(-n4c5ccccc5c5ccccc54)nc(-c4ccncc4)c32)cc1. The third kappa shape index (κ3) is 2.96. The molecule has 0 saturated carbocycles. The molecule has 0 amide bonds. The first-order chi connectivity index (χ1) is 18.9. The second-order valence-electron chi connectivity index (χ2n) is 9.36. The van der Waals surface area contributed by atoms with Gasteiger partial charge in [0.15, 0.2) is 0 Å². The number of fused-ring (bicyclic) bond motifs is 6.